The summed E-state index contributed by atoms with van der Waals surface area (Å²) >= 11 is 7.69. The summed E-state index contributed by atoms with van der Waals surface area (Å²) in [4.78, 5) is 34.1. The minimum atomic E-state index is -0.386. The van der Waals surface area contributed by atoms with Crippen LogP contribution >= 0.6 is 22.9 Å². The Hall–Kier alpha value is -3.76. The summed E-state index contributed by atoms with van der Waals surface area (Å²) in [5.41, 5.74) is 3.76. The molecule has 35 heavy (non-hydrogen) atoms. The molecule has 0 spiro atoms. The molecule has 2 fully saturated rings. The molecule has 1 aromatic carbocycles. The molecule has 11 heteroatoms. The second-order valence-electron chi connectivity index (χ2n) is 8.46. The van der Waals surface area contributed by atoms with E-state index < -0.39 is 0 Å². The third-order valence-electron chi connectivity index (χ3n) is 5.82. The number of fused-ring (bicyclic) bond motifs is 1. The van der Waals surface area contributed by atoms with E-state index in [9.17, 15) is 9.59 Å². The van der Waals surface area contributed by atoms with Crippen molar-refractivity contribution in [2.45, 2.75) is 31.8 Å². The van der Waals surface area contributed by atoms with Crippen LogP contribution in [0.15, 0.2) is 48.2 Å². The number of nitrogens with one attached hydrogen (secondary N) is 3. The van der Waals surface area contributed by atoms with Gasteiger partial charge in [-0.2, -0.15) is 19.6 Å². The molecule has 1 saturated heterocycles. The summed E-state index contributed by atoms with van der Waals surface area (Å²) < 4.78 is 2.37. The maximum absolute atomic E-state index is 12.1. The Labute approximate surface area is 209 Å². The highest BCUT2D eigenvalue weighted by atomic mass is 35.5. The molecule has 6 rings (SSSR count). The van der Waals surface area contributed by atoms with Crippen molar-refractivity contribution in [3.8, 4) is 10.4 Å². The average molecular weight is 506 g/mol. The van der Waals surface area contributed by atoms with Crippen molar-refractivity contribution in [1.29, 1.82) is 0 Å². The zero-order valence-corrected chi connectivity index (χ0v) is 20.0. The summed E-state index contributed by atoms with van der Waals surface area (Å²) in [6, 6.07) is 12.4. The molecule has 3 aromatic heterocycles. The fraction of sp³-hybridized carbons (Fsp3) is 0.208. The number of amides is 2. The first kappa shape index (κ1) is 21.8. The second kappa shape index (κ2) is 8.79. The Morgan fingerprint density at radius 3 is 2.77 bits per heavy atom. The summed E-state index contributed by atoms with van der Waals surface area (Å²) in [5, 5.41) is 13.5. The van der Waals surface area contributed by atoms with E-state index in [2.05, 4.69) is 43.1 Å². The lowest BCUT2D eigenvalue weighted by Gasteiger charge is -2.12. The summed E-state index contributed by atoms with van der Waals surface area (Å²) in [6.45, 7) is 0.506. The van der Waals surface area contributed by atoms with Crippen LogP contribution in [0.5, 0.6) is 0 Å². The molecule has 9 nitrogen and oxygen atoms in total. The number of halogens is 1. The zero-order valence-electron chi connectivity index (χ0n) is 18.4. The molecule has 176 valence electrons. The smallest absolute Gasteiger partial charge is 0.254 e. The van der Waals surface area contributed by atoms with Crippen molar-refractivity contribution in [2.75, 3.05) is 10.6 Å². The Kier molecular flexibility index (Phi) is 5.46. The second-order valence-corrected chi connectivity index (χ2v) is 10.2. The lowest BCUT2D eigenvalue weighted by molar-refractivity contribution is -0.124. The van der Waals surface area contributed by atoms with Crippen molar-refractivity contribution < 1.29 is 9.59 Å². The molecule has 2 amide bonds. The lowest BCUT2D eigenvalue weighted by Crippen LogP contribution is -2.19. The first-order valence-corrected chi connectivity index (χ1v) is 12.4. The van der Waals surface area contributed by atoms with E-state index in [0.717, 1.165) is 33.2 Å². The molecule has 3 N–H and O–H groups in total. The number of anilines is 2. The first-order valence-electron chi connectivity index (χ1n) is 11.2. The van der Waals surface area contributed by atoms with Gasteiger partial charge in [0.25, 0.3) is 5.91 Å². The minimum absolute atomic E-state index is 0.0447. The lowest BCUT2D eigenvalue weighted by atomic mass is 10.1. The first-order chi connectivity index (χ1) is 17.0. The Balaban J connectivity index is 1.34. The van der Waals surface area contributed by atoms with Gasteiger partial charge in [-0.15, -0.1) is 11.3 Å². The minimum Gasteiger partial charge on any atom is -0.351 e. The van der Waals surface area contributed by atoms with Crippen LogP contribution in [0.25, 0.3) is 22.2 Å². The number of rotatable bonds is 7. The van der Waals surface area contributed by atoms with E-state index >= 15 is 0 Å². The molecule has 0 radical (unpaired) electrons. The molecule has 0 atom stereocenters. The van der Waals surface area contributed by atoms with Crippen LogP contribution in [0.2, 0.25) is 4.34 Å². The highest BCUT2D eigenvalue weighted by molar-refractivity contribution is 7.19. The van der Waals surface area contributed by atoms with E-state index in [1.165, 1.54) is 11.3 Å². The predicted molar refractivity (Wildman–Crippen MR) is 135 cm³/mol. The molecule has 4 aromatic rings. The number of carbonyl (C=O) groups is 2. The third kappa shape index (κ3) is 4.50. The van der Waals surface area contributed by atoms with Crippen molar-refractivity contribution >= 4 is 58.4 Å². The number of nitrogens with zero attached hydrogens (tertiary/aromatic N) is 4. The molecule has 0 unspecified atom stereocenters. The summed E-state index contributed by atoms with van der Waals surface area (Å²) in [6.07, 6.45) is 5.49. The third-order valence-corrected chi connectivity index (χ3v) is 7.09. The van der Waals surface area contributed by atoms with Crippen LogP contribution in [-0.2, 0) is 16.1 Å². The standard InChI is InChI=1S/C24H20ClN7O2S/c25-19-8-7-18(35-19)17-4-2-1-3-13(17)11-26-23-30-21-15(9-14-10-20(33)29-22(14)34)12-27-32(21)24(31-23)28-16-5-6-16/h1-4,7-9,12,16H,5-6,10-11H2,(H,29,33,34)(H2,26,28,30,31)/b14-9+. The number of aromatic nitrogens is 4. The monoisotopic (exact) mass is 505 g/mol. The largest absolute Gasteiger partial charge is 0.351 e. The Morgan fingerprint density at radius 1 is 1.17 bits per heavy atom. The fourth-order valence-corrected chi connectivity index (χ4v) is 5.04. The molecule has 4 heterocycles. The fourth-order valence-electron chi connectivity index (χ4n) is 3.94. The number of benzene rings is 1. The SMILES string of the molecule is O=C1C/C(=C\c2cnn3c(NC4CC4)nc(NCc4ccccc4-c4ccc(Cl)s4)nc23)C(=O)N1. The van der Waals surface area contributed by atoms with Crippen LogP contribution in [0.1, 0.15) is 30.4 Å². The molecule has 1 saturated carbocycles. The van der Waals surface area contributed by atoms with Gasteiger partial charge >= 0.3 is 0 Å². The highest BCUT2D eigenvalue weighted by Gasteiger charge is 2.26. The number of hydrogen-bond acceptors (Lipinski definition) is 8. The van der Waals surface area contributed by atoms with E-state index in [0.29, 0.717) is 41.3 Å². The van der Waals surface area contributed by atoms with Gasteiger partial charge in [0, 0.05) is 28.6 Å². The molecule has 1 aliphatic carbocycles. The zero-order chi connectivity index (χ0) is 23.9. The van der Waals surface area contributed by atoms with E-state index in [1.807, 2.05) is 24.3 Å². The number of hydrogen-bond donors (Lipinski definition) is 3. The Bertz CT molecular complexity index is 1500. The van der Waals surface area contributed by atoms with E-state index in [1.54, 1.807) is 16.8 Å². The summed E-state index contributed by atoms with van der Waals surface area (Å²) in [7, 11) is 0. The molecule has 2 aliphatic rings. The number of imide groups is 1. The quantitative estimate of drug-likeness (QED) is 0.256. The number of carbonyl (C=O) groups excluding carboxylic acids is 2. The average Bonchev–Trinajstić information content (AvgIpc) is 3.25. The van der Waals surface area contributed by atoms with Gasteiger partial charge in [0.1, 0.15) is 0 Å². The van der Waals surface area contributed by atoms with E-state index in [4.69, 9.17) is 11.6 Å². The van der Waals surface area contributed by atoms with Crippen molar-refractivity contribution in [1.82, 2.24) is 24.9 Å². The van der Waals surface area contributed by atoms with Crippen molar-refractivity contribution in [3.05, 3.63) is 63.6 Å². The van der Waals surface area contributed by atoms with Crippen molar-refractivity contribution in [3.63, 3.8) is 0 Å². The topological polar surface area (TPSA) is 113 Å². The van der Waals surface area contributed by atoms with Gasteiger partial charge in [-0.1, -0.05) is 35.9 Å². The normalized spacial score (nSPS) is 16.8. The van der Waals surface area contributed by atoms with Gasteiger partial charge in [0.05, 0.1) is 17.0 Å². The van der Waals surface area contributed by atoms with E-state index in [-0.39, 0.29) is 18.2 Å². The van der Waals surface area contributed by atoms with Crippen LogP contribution in [0.4, 0.5) is 11.9 Å². The van der Waals surface area contributed by atoms with Gasteiger partial charge in [-0.05, 0) is 42.2 Å². The van der Waals surface area contributed by atoms with Gasteiger partial charge in [0.2, 0.25) is 17.8 Å². The van der Waals surface area contributed by atoms with Crippen LogP contribution in [0, 0.1) is 0 Å². The molecule has 0 bridgehead atoms. The van der Waals surface area contributed by atoms with Crippen LogP contribution in [-0.4, -0.2) is 37.4 Å². The predicted octanol–water partition coefficient (Wildman–Crippen LogP) is 4.12. The van der Waals surface area contributed by atoms with Gasteiger partial charge in [0.15, 0.2) is 5.65 Å². The van der Waals surface area contributed by atoms with Crippen LogP contribution < -0.4 is 16.0 Å². The van der Waals surface area contributed by atoms with Crippen LogP contribution in [0.3, 0.4) is 0 Å². The Morgan fingerprint density at radius 2 is 2.03 bits per heavy atom. The summed E-state index contributed by atoms with van der Waals surface area (Å²) in [5.74, 6) is 0.321. The van der Waals surface area contributed by atoms with Gasteiger partial charge in [-0.25, -0.2) is 0 Å². The molecular formula is C24H20ClN7O2S. The number of thiophene rings is 1. The highest BCUT2D eigenvalue weighted by Crippen LogP contribution is 2.33. The molecular weight excluding hydrogens is 486 g/mol. The maximum atomic E-state index is 12.1. The maximum Gasteiger partial charge on any atom is 0.254 e. The van der Waals surface area contributed by atoms with Gasteiger partial charge in [-0.3, -0.25) is 14.9 Å². The molecule has 1 aliphatic heterocycles. The van der Waals surface area contributed by atoms with Crippen molar-refractivity contribution in [2.24, 2.45) is 0 Å². The van der Waals surface area contributed by atoms with Gasteiger partial charge < -0.3 is 10.6 Å².